The first-order valence-electron chi connectivity index (χ1n) is 7.25. The Bertz CT molecular complexity index is 610. The molecule has 2 rings (SSSR count). The minimum atomic E-state index is -0.0600. The fourth-order valence-corrected chi connectivity index (χ4v) is 2.21. The molecule has 0 bridgehead atoms. The first-order chi connectivity index (χ1) is 10.1. The highest BCUT2D eigenvalue weighted by Gasteiger charge is 2.06. The van der Waals surface area contributed by atoms with Crippen molar-refractivity contribution in [1.29, 1.82) is 0 Å². The lowest BCUT2D eigenvalue weighted by molar-refractivity contribution is 0.217. The summed E-state index contributed by atoms with van der Waals surface area (Å²) < 4.78 is 0. The van der Waals surface area contributed by atoms with Crippen molar-refractivity contribution in [2.45, 2.75) is 13.0 Å². The quantitative estimate of drug-likeness (QED) is 0.830. The van der Waals surface area contributed by atoms with Gasteiger partial charge < -0.3 is 15.5 Å². The fourth-order valence-electron chi connectivity index (χ4n) is 2.21. The van der Waals surface area contributed by atoms with Crippen LogP contribution in [0.2, 0.25) is 0 Å². The maximum Gasteiger partial charge on any atom is 0.316 e. The predicted molar refractivity (Wildman–Crippen MR) is 87.5 cm³/mol. The molecule has 112 valence electrons. The molecule has 2 aromatic carbocycles. The van der Waals surface area contributed by atoms with E-state index in [1.165, 1.54) is 21.2 Å². The summed E-state index contributed by atoms with van der Waals surface area (Å²) in [5.41, 5.74) is 1.26. The van der Waals surface area contributed by atoms with Crippen LogP contribution in [-0.2, 0) is 0 Å². The second-order valence-corrected chi connectivity index (χ2v) is 5.41. The zero-order valence-electron chi connectivity index (χ0n) is 12.9. The van der Waals surface area contributed by atoms with Gasteiger partial charge in [0.25, 0.3) is 0 Å². The normalized spacial score (nSPS) is 12.1. The summed E-state index contributed by atoms with van der Waals surface area (Å²) in [6.45, 7) is 3.50. The van der Waals surface area contributed by atoms with Gasteiger partial charge in [-0.3, -0.25) is 0 Å². The Hall–Kier alpha value is -2.07. The van der Waals surface area contributed by atoms with Gasteiger partial charge in [0, 0.05) is 33.2 Å². The molecule has 0 heterocycles. The van der Waals surface area contributed by atoms with Crippen LogP contribution >= 0.6 is 0 Å². The Morgan fingerprint density at radius 1 is 1.10 bits per heavy atom. The van der Waals surface area contributed by atoms with Crippen molar-refractivity contribution in [3.05, 3.63) is 48.0 Å². The van der Waals surface area contributed by atoms with Crippen molar-refractivity contribution in [2.24, 2.45) is 0 Å². The number of nitrogens with zero attached hydrogens (tertiary/aromatic N) is 1. The zero-order chi connectivity index (χ0) is 15.2. The molecule has 0 fully saturated rings. The molecule has 21 heavy (non-hydrogen) atoms. The van der Waals surface area contributed by atoms with Gasteiger partial charge in [-0.05, 0) is 29.3 Å². The number of hydrogen-bond donors (Lipinski definition) is 2. The molecule has 0 saturated heterocycles. The first kappa shape index (κ1) is 15.3. The first-order valence-corrected chi connectivity index (χ1v) is 7.25. The molecule has 0 aromatic heterocycles. The Kier molecular flexibility index (Phi) is 5.17. The van der Waals surface area contributed by atoms with Crippen LogP contribution in [0.3, 0.4) is 0 Å². The highest BCUT2D eigenvalue weighted by Crippen LogP contribution is 2.19. The second-order valence-electron chi connectivity index (χ2n) is 5.41. The second kappa shape index (κ2) is 7.09. The zero-order valence-corrected chi connectivity index (χ0v) is 12.9. The van der Waals surface area contributed by atoms with Gasteiger partial charge in [-0.25, -0.2) is 4.79 Å². The SMILES string of the molecule is CC(NCCNC(=O)N(C)C)c1ccc2ccccc2c1. The average Bonchev–Trinajstić information content (AvgIpc) is 2.50. The molecule has 0 aliphatic rings. The lowest BCUT2D eigenvalue weighted by Crippen LogP contribution is -2.38. The minimum absolute atomic E-state index is 0.0600. The summed E-state index contributed by atoms with van der Waals surface area (Å²) in [4.78, 5) is 12.9. The molecule has 0 saturated carbocycles. The van der Waals surface area contributed by atoms with Crippen LogP contribution < -0.4 is 10.6 Å². The number of urea groups is 1. The number of fused-ring (bicyclic) bond motifs is 1. The van der Waals surface area contributed by atoms with Crippen molar-refractivity contribution >= 4 is 16.8 Å². The third-order valence-electron chi connectivity index (χ3n) is 3.53. The lowest BCUT2D eigenvalue weighted by atomic mass is 10.0. The van der Waals surface area contributed by atoms with Crippen molar-refractivity contribution < 1.29 is 4.79 Å². The van der Waals surface area contributed by atoms with Crippen molar-refractivity contribution in [2.75, 3.05) is 27.2 Å². The number of rotatable bonds is 5. The molecular formula is C17H23N3O. The fraction of sp³-hybridized carbons (Fsp3) is 0.353. The van der Waals surface area contributed by atoms with Crippen LogP contribution in [0, 0.1) is 0 Å². The van der Waals surface area contributed by atoms with Crippen molar-refractivity contribution in [3.8, 4) is 0 Å². The van der Waals surface area contributed by atoms with Gasteiger partial charge in [-0.15, -0.1) is 0 Å². The van der Waals surface area contributed by atoms with E-state index in [4.69, 9.17) is 0 Å². The third-order valence-corrected chi connectivity index (χ3v) is 3.53. The number of carbonyl (C=O) groups excluding carboxylic acids is 1. The molecule has 2 N–H and O–H groups in total. The molecule has 1 unspecified atom stereocenters. The average molecular weight is 285 g/mol. The van der Waals surface area contributed by atoms with E-state index in [2.05, 4.69) is 60.0 Å². The summed E-state index contributed by atoms with van der Waals surface area (Å²) in [6, 6.07) is 15.1. The van der Waals surface area contributed by atoms with Crippen LogP contribution in [-0.4, -0.2) is 38.1 Å². The van der Waals surface area contributed by atoms with E-state index in [9.17, 15) is 4.79 Å². The van der Waals surface area contributed by atoms with Crippen LogP contribution in [0.1, 0.15) is 18.5 Å². The van der Waals surface area contributed by atoms with E-state index in [1.807, 2.05) is 0 Å². The molecule has 2 aromatic rings. The van der Waals surface area contributed by atoms with Gasteiger partial charge in [0.05, 0.1) is 0 Å². The smallest absolute Gasteiger partial charge is 0.316 e. The molecule has 0 spiro atoms. The van der Waals surface area contributed by atoms with E-state index in [-0.39, 0.29) is 12.1 Å². The molecule has 0 aliphatic carbocycles. The minimum Gasteiger partial charge on any atom is -0.337 e. The summed E-state index contributed by atoms with van der Waals surface area (Å²) in [6.07, 6.45) is 0. The van der Waals surface area contributed by atoms with E-state index in [0.29, 0.717) is 6.54 Å². The standard InChI is InChI=1S/C17H23N3O/c1-13(18-10-11-19-17(21)20(2)3)15-9-8-14-6-4-5-7-16(14)12-15/h4-9,12-13,18H,10-11H2,1-3H3,(H,19,21). The molecule has 4 nitrogen and oxygen atoms in total. The topological polar surface area (TPSA) is 44.4 Å². The summed E-state index contributed by atoms with van der Waals surface area (Å²) in [5.74, 6) is 0. The van der Waals surface area contributed by atoms with Gasteiger partial charge in [-0.1, -0.05) is 36.4 Å². The Balaban J connectivity index is 1.87. The van der Waals surface area contributed by atoms with E-state index >= 15 is 0 Å². The molecular weight excluding hydrogens is 262 g/mol. The van der Waals surface area contributed by atoms with Gasteiger partial charge in [0.2, 0.25) is 0 Å². The van der Waals surface area contributed by atoms with E-state index < -0.39 is 0 Å². The van der Waals surface area contributed by atoms with Gasteiger partial charge in [0.15, 0.2) is 0 Å². The molecule has 2 amide bonds. The molecule has 4 heteroatoms. The molecule has 0 aliphatic heterocycles. The summed E-state index contributed by atoms with van der Waals surface area (Å²) in [7, 11) is 3.47. The molecule has 0 radical (unpaired) electrons. The van der Waals surface area contributed by atoms with Crippen molar-refractivity contribution in [1.82, 2.24) is 15.5 Å². The maximum absolute atomic E-state index is 11.4. The van der Waals surface area contributed by atoms with Crippen LogP contribution in [0.5, 0.6) is 0 Å². The Morgan fingerprint density at radius 3 is 2.52 bits per heavy atom. The highest BCUT2D eigenvalue weighted by atomic mass is 16.2. The van der Waals surface area contributed by atoms with Gasteiger partial charge >= 0.3 is 6.03 Å². The van der Waals surface area contributed by atoms with Crippen molar-refractivity contribution in [3.63, 3.8) is 0 Å². The summed E-state index contributed by atoms with van der Waals surface area (Å²) in [5, 5.41) is 8.78. The van der Waals surface area contributed by atoms with E-state index in [0.717, 1.165) is 6.54 Å². The predicted octanol–water partition coefficient (Wildman–Crippen LogP) is 2.76. The number of benzene rings is 2. The maximum atomic E-state index is 11.4. The van der Waals surface area contributed by atoms with Gasteiger partial charge in [0.1, 0.15) is 0 Å². The molecule has 1 atom stereocenters. The number of amides is 2. The van der Waals surface area contributed by atoms with Crippen LogP contribution in [0.15, 0.2) is 42.5 Å². The number of carbonyl (C=O) groups is 1. The van der Waals surface area contributed by atoms with E-state index in [1.54, 1.807) is 14.1 Å². The monoisotopic (exact) mass is 285 g/mol. The highest BCUT2D eigenvalue weighted by molar-refractivity contribution is 5.83. The number of nitrogens with one attached hydrogen (secondary N) is 2. The summed E-state index contributed by atoms with van der Waals surface area (Å²) >= 11 is 0. The lowest BCUT2D eigenvalue weighted by Gasteiger charge is -2.16. The third kappa shape index (κ3) is 4.20. The largest absolute Gasteiger partial charge is 0.337 e. The van der Waals surface area contributed by atoms with Gasteiger partial charge in [-0.2, -0.15) is 0 Å². The Morgan fingerprint density at radius 2 is 1.81 bits per heavy atom. The van der Waals surface area contributed by atoms with Crippen LogP contribution in [0.4, 0.5) is 4.79 Å². The van der Waals surface area contributed by atoms with Crippen LogP contribution in [0.25, 0.3) is 10.8 Å². The Labute approximate surface area is 126 Å². The number of hydrogen-bond acceptors (Lipinski definition) is 2.